The van der Waals surface area contributed by atoms with Gasteiger partial charge in [0.1, 0.15) is 11.2 Å². The average Bonchev–Trinajstić information content (AvgIpc) is 3.43. The highest BCUT2D eigenvalue weighted by molar-refractivity contribution is 9.10. The maximum absolute atomic E-state index is 14.4. The summed E-state index contributed by atoms with van der Waals surface area (Å²) < 4.78 is 2.34. The van der Waals surface area contributed by atoms with Crippen molar-refractivity contribution in [1.82, 2.24) is 9.78 Å². The fourth-order valence-electron chi connectivity index (χ4n) is 5.70. The maximum atomic E-state index is 14.4. The molecule has 3 N–H and O–H groups in total. The minimum Gasteiger partial charge on any atom is -0.339 e. The van der Waals surface area contributed by atoms with E-state index in [9.17, 15) is 9.59 Å². The zero-order chi connectivity index (χ0) is 25.9. The number of carbonyl (C=O) groups excluding carboxylic acids is 1. The highest BCUT2D eigenvalue weighted by Crippen LogP contribution is 2.56. The van der Waals surface area contributed by atoms with E-state index in [0.29, 0.717) is 22.8 Å². The minimum atomic E-state index is -1.39. The first-order valence-electron chi connectivity index (χ1n) is 12.2. The number of anilines is 2. The Morgan fingerprint density at radius 3 is 2.03 bits per heavy atom. The molecule has 1 unspecified atom stereocenters. The van der Waals surface area contributed by atoms with Gasteiger partial charge >= 0.3 is 0 Å². The van der Waals surface area contributed by atoms with E-state index in [1.54, 1.807) is 0 Å². The summed E-state index contributed by atoms with van der Waals surface area (Å²) in [6, 6.07) is 34.8. The largest absolute Gasteiger partial charge is 0.339 e. The summed E-state index contributed by atoms with van der Waals surface area (Å²) in [6.07, 6.45) is 0. The first-order valence-corrected chi connectivity index (χ1v) is 13.0. The molecule has 5 aromatic rings. The topological polar surface area (TPSA) is 78.9 Å². The first-order chi connectivity index (χ1) is 18.6. The van der Waals surface area contributed by atoms with E-state index >= 15 is 0 Å². The van der Waals surface area contributed by atoms with Gasteiger partial charge in [0.25, 0.3) is 5.56 Å². The van der Waals surface area contributed by atoms with Crippen LogP contribution in [0.15, 0.2) is 118 Å². The molecule has 0 radical (unpaired) electrons. The lowest BCUT2D eigenvalue weighted by Crippen LogP contribution is -2.44. The van der Waals surface area contributed by atoms with Crippen molar-refractivity contribution in [2.45, 2.75) is 5.41 Å². The number of fused-ring (bicyclic) bond motifs is 4. The van der Waals surface area contributed by atoms with E-state index in [4.69, 9.17) is 0 Å². The Morgan fingerprint density at radius 2 is 1.34 bits per heavy atom. The smallest absolute Gasteiger partial charge is 0.278 e. The van der Waals surface area contributed by atoms with Crippen LogP contribution in [-0.2, 0) is 10.2 Å². The SMILES string of the molecule is O=C1Nc2cc(Br)ccc2C12C(c1ccccc1)=C(c1ccccc1)Nc1[nH]n(-c3ccccc3)c(=O)c12. The second-order valence-electron chi connectivity index (χ2n) is 9.34. The third-order valence-corrected chi connectivity index (χ3v) is 7.75. The van der Waals surface area contributed by atoms with Gasteiger partial charge < -0.3 is 10.6 Å². The van der Waals surface area contributed by atoms with Gasteiger partial charge in [-0.05, 0) is 35.4 Å². The maximum Gasteiger partial charge on any atom is 0.278 e. The number of benzene rings is 4. The van der Waals surface area contributed by atoms with Crippen molar-refractivity contribution in [3.05, 3.63) is 146 Å². The molecule has 0 saturated heterocycles. The summed E-state index contributed by atoms with van der Waals surface area (Å²) in [5, 5.41) is 9.89. The fraction of sp³-hybridized carbons (Fsp3) is 0.0323. The zero-order valence-electron chi connectivity index (χ0n) is 20.0. The van der Waals surface area contributed by atoms with Crippen LogP contribution < -0.4 is 16.2 Å². The van der Waals surface area contributed by atoms with Gasteiger partial charge in [-0.1, -0.05) is 101 Å². The van der Waals surface area contributed by atoms with Gasteiger partial charge in [0.05, 0.1) is 16.9 Å². The molecule has 1 amide bonds. The van der Waals surface area contributed by atoms with Crippen LogP contribution in [0.1, 0.15) is 22.3 Å². The molecule has 2 aliphatic heterocycles. The summed E-state index contributed by atoms with van der Waals surface area (Å²) in [6.45, 7) is 0. The lowest BCUT2D eigenvalue weighted by atomic mass is 9.65. The molecule has 184 valence electrons. The lowest BCUT2D eigenvalue weighted by Gasteiger charge is -2.36. The number of amides is 1. The zero-order valence-corrected chi connectivity index (χ0v) is 21.6. The number of aromatic amines is 1. The Labute approximate surface area is 226 Å². The van der Waals surface area contributed by atoms with Gasteiger partial charge in [0.2, 0.25) is 5.91 Å². The number of halogens is 1. The number of aromatic nitrogens is 2. The Kier molecular flexibility index (Phi) is 5.03. The van der Waals surface area contributed by atoms with E-state index in [2.05, 4.69) is 31.7 Å². The third kappa shape index (κ3) is 3.12. The molecule has 7 rings (SSSR count). The van der Waals surface area contributed by atoms with Crippen LogP contribution in [0.3, 0.4) is 0 Å². The van der Waals surface area contributed by atoms with Crippen molar-refractivity contribution in [1.29, 1.82) is 0 Å². The second kappa shape index (κ2) is 8.46. The van der Waals surface area contributed by atoms with Crippen molar-refractivity contribution < 1.29 is 4.79 Å². The Hall–Kier alpha value is -4.62. The molecule has 38 heavy (non-hydrogen) atoms. The summed E-state index contributed by atoms with van der Waals surface area (Å²) in [7, 11) is 0. The number of hydrogen-bond acceptors (Lipinski definition) is 3. The normalized spacial score (nSPS) is 17.7. The summed E-state index contributed by atoms with van der Waals surface area (Å²) >= 11 is 3.54. The van der Waals surface area contributed by atoms with E-state index in [1.165, 1.54) is 4.68 Å². The third-order valence-electron chi connectivity index (χ3n) is 7.25. The number of nitrogens with zero attached hydrogens (tertiary/aromatic N) is 1. The molecule has 4 aromatic carbocycles. The first kappa shape index (κ1) is 22.6. The molecular weight excluding hydrogens is 540 g/mol. The molecule has 2 aliphatic rings. The Balaban J connectivity index is 1.65. The standard InChI is InChI=1S/C31H21BrN4O2/c32-21-16-17-23-24(18-21)33-30(38)31(23)25(19-10-4-1-5-11-19)27(20-12-6-2-7-13-20)34-28-26(31)29(37)36(35-28)22-14-8-3-9-15-22/h1-18,34-35H,(H,33,38). The molecule has 0 saturated carbocycles. The quantitative estimate of drug-likeness (QED) is 0.247. The highest BCUT2D eigenvalue weighted by atomic mass is 79.9. The van der Waals surface area contributed by atoms with Crippen LogP contribution in [0.25, 0.3) is 17.0 Å². The number of rotatable bonds is 3. The predicted octanol–water partition coefficient (Wildman–Crippen LogP) is 6.16. The molecule has 7 heteroatoms. The number of nitrogens with one attached hydrogen (secondary N) is 3. The van der Waals surface area contributed by atoms with Crippen LogP contribution in [-0.4, -0.2) is 15.7 Å². The number of carbonyl (C=O) groups is 1. The Morgan fingerprint density at radius 1 is 0.711 bits per heavy atom. The van der Waals surface area contributed by atoms with Crippen LogP contribution >= 0.6 is 15.9 Å². The highest BCUT2D eigenvalue weighted by Gasteiger charge is 2.58. The van der Waals surface area contributed by atoms with Crippen LogP contribution in [0.5, 0.6) is 0 Å². The van der Waals surface area contributed by atoms with Crippen molar-refractivity contribution in [2.75, 3.05) is 10.6 Å². The van der Waals surface area contributed by atoms with E-state index < -0.39 is 5.41 Å². The van der Waals surface area contributed by atoms with Gasteiger partial charge in [-0.25, -0.2) is 4.68 Å². The van der Waals surface area contributed by atoms with E-state index in [0.717, 1.165) is 32.4 Å². The molecule has 1 aromatic heterocycles. The fourth-order valence-corrected chi connectivity index (χ4v) is 6.06. The molecule has 3 heterocycles. The summed E-state index contributed by atoms with van der Waals surface area (Å²) in [4.78, 5) is 28.7. The summed E-state index contributed by atoms with van der Waals surface area (Å²) in [5.74, 6) is 0.222. The van der Waals surface area contributed by atoms with Crippen LogP contribution in [0.2, 0.25) is 0 Å². The second-order valence-corrected chi connectivity index (χ2v) is 10.3. The van der Waals surface area contributed by atoms with Crippen molar-refractivity contribution in [3.8, 4) is 5.69 Å². The minimum absolute atomic E-state index is 0.267. The van der Waals surface area contributed by atoms with Crippen LogP contribution in [0, 0.1) is 0 Å². The number of H-pyrrole nitrogens is 1. The molecule has 0 bridgehead atoms. The van der Waals surface area contributed by atoms with Crippen LogP contribution in [0.4, 0.5) is 11.5 Å². The van der Waals surface area contributed by atoms with Gasteiger partial charge in [0, 0.05) is 21.3 Å². The molecular formula is C31H21BrN4O2. The number of hydrogen-bond donors (Lipinski definition) is 3. The Bertz CT molecular complexity index is 1810. The lowest BCUT2D eigenvalue weighted by molar-refractivity contribution is -0.117. The van der Waals surface area contributed by atoms with Crippen molar-refractivity contribution in [2.24, 2.45) is 0 Å². The predicted molar refractivity (Wildman–Crippen MR) is 153 cm³/mol. The van der Waals surface area contributed by atoms with Gasteiger partial charge in [0.15, 0.2) is 0 Å². The summed E-state index contributed by atoms with van der Waals surface area (Å²) in [5.41, 5.74) is 4.01. The van der Waals surface area contributed by atoms with Gasteiger partial charge in [-0.3, -0.25) is 14.7 Å². The monoisotopic (exact) mass is 560 g/mol. The number of para-hydroxylation sites is 1. The molecule has 1 atom stereocenters. The molecule has 0 aliphatic carbocycles. The molecule has 1 spiro atoms. The van der Waals surface area contributed by atoms with Crippen molar-refractivity contribution in [3.63, 3.8) is 0 Å². The molecule has 6 nitrogen and oxygen atoms in total. The van der Waals surface area contributed by atoms with E-state index in [-0.39, 0.29) is 11.5 Å². The molecule has 0 fully saturated rings. The van der Waals surface area contributed by atoms with Crippen molar-refractivity contribution >= 4 is 44.6 Å². The van der Waals surface area contributed by atoms with Gasteiger partial charge in [-0.2, -0.15) is 0 Å². The van der Waals surface area contributed by atoms with E-state index in [1.807, 2.05) is 109 Å². The van der Waals surface area contributed by atoms with Gasteiger partial charge in [-0.15, -0.1) is 0 Å². The average molecular weight is 561 g/mol.